The molecule has 8 N–H and O–H groups in total. The van der Waals surface area contributed by atoms with Crippen molar-refractivity contribution in [1.82, 2.24) is 16.0 Å². The van der Waals surface area contributed by atoms with Gasteiger partial charge in [-0.2, -0.15) is 12.6 Å². The van der Waals surface area contributed by atoms with Crippen molar-refractivity contribution >= 4 is 36.3 Å². The Labute approximate surface area is 193 Å². The van der Waals surface area contributed by atoms with Crippen LogP contribution in [-0.2, 0) is 25.6 Å². The maximum absolute atomic E-state index is 13.0. The molecule has 0 unspecified atom stereocenters. The first-order chi connectivity index (χ1) is 15.2. The van der Waals surface area contributed by atoms with Crippen LogP contribution < -0.4 is 27.4 Å². The maximum atomic E-state index is 13.0. The number of nitrogens with one attached hydrogen (secondary N) is 3. The van der Waals surface area contributed by atoms with Crippen molar-refractivity contribution in [2.75, 3.05) is 12.3 Å². The first kappa shape index (κ1) is 27.4. The number of nitrogens with two attached hydrogens (primary N) is 2. The predicted octanol–water partition coefficient (Wildman–Crippen LogP) is -0.826. The minimum atomic E-state index is -1.23. The summed E-state index contributed by atoms with van der Waals surface area (Å²) in [5.74, 6) is -3.07. The Kier molecular flexibility index (Phi) is 12.4. The van der Waals surface area contributed by atoms with Crippen LogP contribution in [-0.4, -0.2) is 65.3 Å². The van der Waals surface area contributed by atoms with E-state index >= 15 is 0 Å². The predicted molar refractivity (Wildman–Crippen MR) is 124 cm³/mol. The first-order valence-corrected chi connectivity index (χ1v) is 11.1. The molecule has 0 heterocycles. The molecule has 1 aromatic rings. The monoisotopic (exact) mass is 467 g/mol. The number of aliphatic carboxylic acids is 1. The molecule has 0 radical (unpaired) electrons. The van der Waals surface area contributed by atoms with Crippen LogP contribution in [0.5, 0.6) is 0 Å². The Morgan fingerprint density at radius 1 is 0.938 bits per heavy atom. The maximum Gasteiger partial charge on any atom is 0.327 e. The summed E-state index contributed by atoms with van der Waals surface area (Å²) in [6.45, 7) is 1.94. The Bertz CT molecular complexity index is 762. The summed E-state index contributed by atoms with van der Waals surface area (Å²) >= 11 is 3.95. The van der Waals surface area contributed by atoms with Gasteiger partial charge in [-0.3, -0.25) is 14.4 Å². The van der Waals surface area contributed by atoms with E-state index in [9.17, 15) is 24.3 Å². The second kappa shape index (κ2) is 14.4. The minimum Gasteiger partial charge on any atom is -0.480 e. The summed E-state index contributed by atoms with van der Waals surface area (Å²) in [5.41, 5.74) is 11.9. The lowest BCUT2D eigenvalue weighted by Gasteiger charge is -2.25. The number of thiol groups is 1. The van der Waals surface area contributed by atoms with Crippen molar-refractivity contribution in [3.05, 3.63) is 35.9 Å². The number of hydrogen-bond acceptors (Lipinski definition) is 7. The van der Waals surface area contributed by atoms with Crippen molar-refractivity contribution in [1.29, 1.82) is 0 Å². The van der Waals surface area contributed by atoms with Gasteiger partial charge in [0.15, 0.2) is 0 Å². The molecule has 0 spiro atoms. The Balaban J connectivity index is 3.03. The zero-order valence-corrected chi connectivity index (χ0v) is 19.0. The summed E-state index contributed by atoms with van der Waals surface area (Å²) in [5, 5.41) is 16.9. The average Bonchev–Trinajstić information content (AvgIpc) is 2.76. The summed E-state index contributed by atoms with van der Waals surface area (Å²) < 4.78 is 0. The molecule has 3 amide bonds. The van der Waals surface area contributed by atoms with Crippen LogP contribution in [0.2, 0.25) is 0 Å². The van der Waals surface area contributed by atoms with Crippen molar-refractivity contribution < 1.29 is 24.3 Å². The lowest BCUT2D eigenvalue weighted by Crippen LogP contribution is -2.57. The number of unbranched alkanes of at least 4 members (excludes halogenated alkanes) is 1. The number of carbonyl (C=O) groups is 4. The molecule has 0 aliphatic heterocycles. The average molecular weight is 468 g/mol. The molecule has 0 saturated heterocycles. The lowest BCUT2D eigenvalue weighted by molar-refractivity contribution is -0.141. The second-order valence-electron chi connectivity index (χ2n) is 7.47. The number of amides is 3. The van der Waals surface area contributed by atoms with Crippen molar-refractivity contribution in [2.45, 2.75) is 56.8 Å². The van der Waals surface area contributed by atoms with Crippen molar-refractivity contribution in [2.24, 2.45) is 11.5 Å². The van der Waals surface area contributed by atoms with Gasteiger partial charge in [-0.15, -0.1) is 0 Å². The molecule has 32 heavy (non-hydrogen) atoms. The normalized spacial score (nSPS) is 14.5. The summed E-state index contributed by atoms with van der Waals surface area (Å²) in [4.78, 5) is 49.2. The van der Waals surface area contributed by atoms with E-state index in [0.717, 1.165) is 5.56 Å². The Morgan fingerprint density at radius 2 is 1.50 bits per heavy atom. The van der Waals surface area contributed by atoms with E-state index in [1.807, 2.05) is 6.07 Å². The highest BCUT2D eigenvalue weighted by molar-refractivity contribution is 7.80. The molecule has 10 nitrogen and oxygen atoms in total. The van der Waals surface area contributed by atoms with Gasteiger partial charge in [0.05, 0.1) is 6.04 Å². The van der Waals surface area contributed by atoms with Crippen LogP contribution in [0.1, 0.15) is 31.7 Å². The molecule has 0 bridgehead atoms. The molecular formula is C21H33N5O5S. The number of carboxylic acid groups (broad SMARTS) is 1. The lowest BCUT2D eigenvalue weighted by atomic mass is 10.0. The van der Waals surface area contributed by atoms with Gasteiger partial charge in [-0.25, -0.2) is 4.79 Å². The number of carboxylic acids is 1. The van der Waals surface area contributed by atoms with E-state index in [4.69, 9.17) is 11.5 Å². The highest BCUT2D eigenvalue weighted by Crippen LogP contribution is 2.07. The van der Waals surface area contributed by atoms with E-state index in [-0.39, 0.29) is 12.2 Å². The first-order valence-electron chi connectivity index (χ1n) is 10.4. The SMILES string of the molecule is C[C@H](N)C(=O)N[C@@H](CCCCN)C(=O)N[C@@H](Cc1ccccc1)C(=O)N[C@@H](CS)C(=O)O. The number of hydrogen-bond donors (Lipinski definition) is 7. The minimum absolute atomic E-state index is 0.112. The van der Waals surface area contributed by atoms with E-state index in [0.29, 0.717) is 25.8 Å². The number of carbonyl (C=O) groups excluding carboxylic acids is 3. The zero-order chi connectivity index (χ0) is 24.1. The summed E-state index contributed by atoms with van der Waals surface area (Å²) in [7, 11) is 0. The molecular weight excluding hydrogens is 434 g/mol. The van der Waals surface area contributed by atoms with Crippen LogP contribution >= 0.6 is 12.6 Å². The van der Waals surface area contributed by atoms with E-state index in [1.54, 1.807) is 24.3 Å². The van der Waals surface area contributed by atoms with Crippen LogP contribution in [0, 0.1) is 0 Å². The molecule has 0 aromatic heterocycles. The summed E-state index contributed by atoms with van der Waals surface area (Å²) in [6.07, 6.45) is 1.70. The quantitative estimate of drug-likeness (QED) is 0.138. The van der Waals surface area contributed by atoms with E-state index in [1.165, 1.54) is 6.92 Å². The van der Waals surface area contributed by atoms with Crippen LogP contribution in [0.3, 0.4) is 0 Å². The van der Waals surface area contributed by atoms with Gasteiger partial charge in [0.1, 0.15) is 18.1 Å². The van der Waals surface area contributed by atoms with Gasteiger partial charge in [0, 0.05) is 12.2 Å². The fourth-order valence-electron chi connectivity index (χ4n) is 2.85. The summed E-state index contributed by atoms with van der Waals surface area (Å²) in [6, 6.07) is 4.98. The van der Waals surface area contributed by atoms with Crippen LogP contribution in [0.4, 0.5) is 0 Å². The van der Waals surface area contributed by atoms with Gasteiger partial charge in [-0.05, 0) is 38.3 Å². The van der Waals surface area contributed by atoms with Gasteiger partial charge in [0.25, 0.3) is 0 Å². The molecule has 0 aliphatic carbocycles. The zero-order valence-electron chi connectivity index (χ0n) is 18.1. The molecule has 0 aliphatic rings. The second-order valence-corrected chi connectivity index (χ2v) is 7.83. The Morgan fingerprint density at radius 3 is 2.03 bits per heavy atom. The highest BCUT2D eigenvalue weighted by atomic mass is 32.1. The van der Waals surface area contributed by atoms with Gasteiger partial charge >= 0.3 is 5.97 Å². The van der Waals surface area contributed by atoms with Gasteiger partial charge < -0.3 is 32.5 Å². The van der Waals surface area contributed by atoms with Crippen LogP contribution in [0.15, 0.2) is 30.3 Å². The number of benzene rings is 1. The molecule has 11 heteroatoms. The molecule has 1 aromatic carbocycles. The van der Waals surface area contributed by atoms with E-state index < -0.39 is 47.9 Å². The van der Waals surface area contributed by atoms with Gasteiger partial charge in [0.2, 0.25) is 17.7 Å². The third-order valence-electron chi connectivity index (χ3n) is 4.71. The molecule has 0 saturated carbocycles. The molecule has 178 valence electrons. The fourth-order valence-corrected chi connectivity index (χ4v) is 3.10. The topological polar surface area (TPSA) is 177 Å². The fraction of sp³-hybridized carbons (Fsp3) is 0.524. The van der Waals surface area contributed by atoms with Crippen molar-refractivity contribution in [3.63, 3.8) is 0 Å². The molecule has 4 atom stereocenters. The third-order valence-corrected chi connectivity index (χ3v) is 5.07. The van der Waals surface area contributed by atoms with Gasteiger partial charge in [-0.1, -0.05) is 30.3 Å². The largest absolute Gasteiger partial charge is 0.480 e. The van der Waals surface area contributed by atoms with E-state index in [2.05, 4.69) is 28.6 Å². The number of rotatable bonds is 14. The molecule has 1 rings (SSSR count). The smallest absolute Gasteiger partial charge is 0.327 e. The van der Waals surface area contributed by atoms with Crippen LogP contribution in [0.25, 0.3) is 0 Å². The molecule has 0 fully saturated rings. The Hall–Kier alpha value is -2.63. The standard InChI is InChI=1S/C21H33N5O5S/c1-13(23)18(27)24-15(9-5-6-10-22)19(28)25-16(11-14-7-3-2-4-8-14)20(29)26-17(12-32)21(30)31/h2-4,7-8,13,15-17,32H,5-6,9-12,22-23H2,1H3,(H,24,27)(H,25,28)(H,26,29)(H,30,31)/t13-,15-,16-,17-/m0/s1. The van der Waals surface area contributed by atoms with Crippen molar-refractivity contribution in [3.8, 4) is 0 Å². The third kappa shape index (κ3) is 9.67. The highest BCUT2D eigenvalue weighted by Gasteiger charge is 2.29.